The Morgan fingerprint density at radius 1 is 1.32 bits per heavy atom. The van der Waals surface area contributed by atoms with Gasteiger partial charge in [-0.15, -0.1) is 6.58 Å². The van der Waals surface area contributed by atoms with Gasteiger partial charge in [-0.3, -0.25) is 4.57 Å². The van der Waals surface area contributed by atoms with Gasteiger partial charge < -0.3 is 20.7 Å². The molecule has 19 heavy (non-hydrogen) atoms. The lowest BCUT2D eigenvalue weighted by atomic mass is 10.1. The van der Waals surface area contributed by atoms with Crippen LogP contribution in [-0.4, -0.2) is 48.0 Å². The molecule has 8 nitrogen and oxygen atoms in total. The van der Waals surface area contributed by atoms with Crippen molar-refractivity contribution in [2.75, 3.05) is 5.73 Å². The highest BCUT2D eigenvalue weighted by molar-refractivity contribution is 5.81. The summed E-state index contributed by atoms with van der Waals surface area (Å²) in [5.41, 5.74) is 6.55. The first-order valence-corrected chi connectivity index (χ1v) is 5.70. The van der Waals surface area contributed by atoms with Gasteiger partial charge in [0.05, 0.1) is 6.33 Å². The summed E-state index contributed by atoms with van der Waals surface area (Å²) in [7, 11) is 0. The molecule has 1 aliphatic heterocycles. The van der Waals surface area contributed by atoms with E-state index in [0.717, 1.165) is 0 Å². The Balaban J connectivity index is 2.06. The smallest absolute Gasteiger partial charge is 0.167 e. The van der Waals surface area contributed by atoms with Crippen LogP contribution in [0.2, 0.25) is 0 Å². The number of imidazole rings is 1. The van der Waals surface area contributed by atoms with Crippen LogP contribution in [0.15, 0.2) is 25.3 Å². The van der Waals surface area contributed by atoms with Gasteiger partial charge in [0, 0.05) is 0 Å². The quantitative estimate of drug-likeness (QED) is 0.607. The van der Waals surface area contributed by atoms with E-state index in [9.17, 15) is 10.2 Å². The van der Waals surface area contributed by atoms with Crippen LogP contribution < -0.4 is 5.73 Å². The molecular formula is C11H13N5O3. The molecule has 0 bridgehead atoms. The summed E-state index contributed by atoms with van der Waals surface area (Å²) in [6, 6.07) is 0. The monoisotopic (exact) mass is 263 g/mol. The maximum Gasteiger partial charge on any atom is 0.167 e. The highest BCUT2D eigenvalue weighted by Gasteiger charge is 2.42. The van der Waals surface area contributed by atoms with Crippen LogP contribution >= 0.6 is 0 Å². The zero-order valence-electron chi connectivity index (χ0n) is 9.92. The van der Waals surface area contributed by atoms with Gasteiger partial charge >= 0.3 is 0 Å². The van der Waals surface area contributed by atoms with Crippen molar-refractivity contribution in [3.05, 3.63) is 25.3 Å². The number of aromatic nitrogens is 4. The summed E-state index contributed by atoms with van der Waals surface area (Å²) in [5, 5.41) is 19.8. The second kappa shape index (κ2) is 4.26. The molecule has 3 heterocycles. The topological polar surface area (TPSA) is 119 Å². The molecule has 0 saturated carbocycles. The normalized spacial score (nSPS) is 30.8. The summed E-state index contributed by atoms with van der Waals surface area (Å²) >= 11 is 0. The van der Waals surface area contributed by atoms with Crippen molar-refractivity contribution in [3.63, 3.8) is 0 Å². The molecular weight excluding hydrogens is 250 g/mol. The van der Waals surface area contributed by atoms with Crippen LogP contribution in [0.5, 0.6) is 0 Å². The molecule has 2 aromatic heterocycles. The summed E-state index contributed by atoms with van der Waals surface area (Å²) in [5.74, 6) is 0.247. The van der Waals surface area contributed by atoms with Crippen LogP contribution in [0.25, 0.3) is 11.2 Å². The minimum absolute atomic E-state index is 0.247. The van der Waals surface area contributed by atoms with Crippen LogP contribution in [0.4, 0.5) is 5.82 Å². The maximum atomic E-state index is 10.0. The second-order valence-electron chi connectivity index (χ2n) is 4.29. The third-order valence-electron chi connectivity index (χ3n) is 3.17. The Morgan fingerprint density at radius 3 is 2.79 bits per heavy atom. The summed E-state index contributed by atoms with van der Waals surface area (Å²) in [6.07, 6.45) is 0.612. The van der Waals surface area contributed by atoms with E-state index in [-0.39, 0.29) is 5.82 Å². The first-order chi connectivity index (χ1) is 9.13. The molecule has 0 aromatic carbocycles. The Labute approximate surface area is 108 Å². The summed E-state index contributed by atoms with van der Waals surface area (Å²) in [4.78, 5) is 12.0. The van der Waals surface area contributed by atoms with Gasteiger partial charge in [0.1, 0.15) is 30.2 Å². The van der Waals surface area contributed by atoms with E-state index in [4.69, 9.17) is 10.5 Å². The molecule has 1 aliphatic rings. The fraction of sp³-hybridized carbons (Fsp3) is 0.364. The van der Waals surface area contributed by atoms with Crippen molar-refractivity contribution in [1.29, 1.82) is 0 Å². The van der Waals surface area contributed by atoms with E-state index in [1.165, 1.54) is 23.3 Å². The predicted octanol–water partition coefficient (Wildman–Crippen LogP) is -0.786. The number of nitrogen functional groups attached to an aromatic ring is 1. The predicted molar refractivity (Wildman–Crippen MR) is 65.9 cm³/mol. The number of ether oxygens (including phenoxy) is 1. The maximum absolute atomic E-state index is 10.0. The zero-order chi connectivity index (χ0) is 13.6. The largest absolute Gasteiger partial charge is 0.387 e. The van der Waals surface area contributed by atoms with Crippen molar-refractivity contribution in [2.45, 2.75) is 24.5 Å². The second-order valence-corrected chi connectivity index (χ2v) is 4.29. The number of nitrogens with zero attached hydrogens (tertiary/aromatic N) is 4. The summed E-state index contributed by atoms with van der Waals surface area (Å²) in [6.45, 7) is 3.55. The van der Waals surface area contributed by atoms with Crippen LogP contribution in [-0.2, 0) is 4.74 Å². The fourth-order valence-electron chi connectivity index (χ4n) is 2.17. The van der Waals surface area contributed by atoms with Gasteiger partial charge in [-0.1, -0.05) is 6.08 Å². The first kappa shape index (κ1) is 12.0. The van der Waals surface area contributed by atoms with Crippen LogP contribution in [0.3, 0.4) is 0 Å². The fourth-order valence-corrected chi connectivity index (χ4v) is 2.17. The van der Waals surface area contributed by atoms with E-state index in [1.807, 2.05) is 0 Å². The van der Waals surface area contributed by atoms with E-state index in [1.54, 1.807) is 0 Å². The molecule has 0 aliphatic carbocycles. The molecule has 100 valence electrons. The molecule has 0 amide bonds. The Morgan fingerprint density at radius 2 is 2.11 bits per heavy atom. The van der Waals surface area contributed by atoms with Crippen molar-refractivity contribution in [2.24, 2.45) is 0 Å². The number of anilines is 1. The standard InChI is InChI=1S/C11H13N5O3/c1-2-5-7(17)8(18)11(19-5)16-4-15-6-9(12)13-3-14-10(6)16/h2-5,7-8,11,17-18H,1H2,(H2,12,13,14)/t5-,7-,8-,11-/m0/s1. The van der Waals surface area contributed by atoms with E-state index in [0.29, 0.717) is 11.2 Å². The number of aliphatic hydroxyl groups excluding tert-OH is 2. The number of hydrogen-bond donors (Lipinski definition) is 3. The molecule has 0 unspecified atom stereocenters. The molecule has 2 aromatic rings. The number of hydrogen-bond acceptors (Lipinski definition) is 7. The van der Waals surface area contributed by atoms with Gasteiger partial charge in [0.25, 0.3) is 0 Å². The summed E-state index contributed by atoms with van der Waals surface area (Å²) < 4.78 is 7.05. The van der Waals surface area contributed by atoms with Crippen LogP contribution in [0, 0.1) is 0 Å². The molecule has 4 atom stereocenters. The minimum Gasteiger partial charge on any atom is -0.387 e. The van der Waals surface area contributed by atoms with Gasteiger partial charge in [-0.25, -0.2) is 15.0 Å². The van der Waals surface area contributed by atoms with E-state index < -0.39 is 24.5 Å². The molecule has 8 heteroatoms. The van der Waals surface area contributed by atoms with E-state index in [2.05, 4.69) is 21.5 Å². The molecule has 0 spiro atoms. The van der Waals surface area contributed by atoms with Gasteiger partial charge in [0.15, 0.2) is 17.7 Å². The highest BCUT2D eigenvalue weighted by Crippen LogP contribution is 2.32. The average Bonchev–Trinajstić information content (AvgIpc) is 2.94. The molecule has 4 N–H and O–H groups in total. The average molecular weight is 263 g/mol. The molecule has 1 fully saturated rings. The number of fused-ring (bicyclic) bond motifs is 1. The van der Waals surface area contributed by atoms with Crippen molar-refractivity contribution in [3.8, 4) is 0 Å². The number of nitrogens with two attached hydrogens (primary N) is 1. The van der Waals surface area contributed by atoms with Crippen molar-refractivity contribution in [1.82, 2.24) is 19.5 Å². The van der Waals surface area contributed by atoms with Gasteiger partial charge in [0.2, 0.25) is 0 Å². The lowest BCUT2D eigenvalue weighted by Gasteiger charge is -2.16. The lowest BCUT2D eigenvalue weighted by Crippen LogP contribution is -2.30. The Kier molecular flexibility index (Phi) is 2.70. The van der Waals surface area contributed by atoms with Crippen molar-refractivity contribution < 1.29 is 14.9 Å². The molecule has 3 rings (SSSR count). The third-order valence-corrected chi connectivity index (χ3v) is 3.17. The number of rotatable bonds is 2. The van der Waals surface area contributed by atoms with Gasteiger partial charge in [-0.05, 0) is 0 Å². The minimum atomic E-state index is -1.10. The Bertz CT molecular complexity index is 628. The third kappa shape index (κ3) is 1.69. The molecule has 1 saturated heterocycles. The van der Waals surface area contributed by atoms with Crippen LogP contribution in [0.1, 0.15) is 6.23 Å². The zero-order valence-corrected chi connectivity index (χ0v) is 9.92. The van der Waals surface area contributed by atoms with E-state index >= 15 is 0 Å². The Hall–Kier alpha value is -2.03. The first-order valence-electron chi connectivity index (χ1n) is 5.70. The number of aliphatic hydroxyl groups is 2. The SMILES string of the molecule is C=C[C@@H]1O[C@H](n2cnc3c(N)ncnc32)[C@@H](O)[C@H]1O. The molecule has 0 radical (unpaired) electrons. The highest BCUT2D eigenvalue weighted by atomic mass is 16.6. The van der Waals surface area contributed by atoms with Gasteiger partial charge in [-0.2, -0.15) is 0 Å². The lowest BCUT2D eigenvalue weighted by molar-refractivity contribution is -0.0244. The van der Waals surface area contributed by atoms with Crippen molar-refractivity contribution >= 4 is 17.0 Å².